The van der Waals surface area contributed by atoms with Gasteiger partial charge >= 0.3 is 0 Å². The second-order valence-corrected chi connectivity index (χ2v) is 17.5. The van der Waals surface area contributed by atoms with Crippen molar-refractivity contribution in [3.63, 3.8) is 0 Å². The molecule has 11 aromatic rings. The van der Waals surface area contributed by atoms with Crippen molar-refractivity contribution in [2.45, 2.75) is 25.7 Å². The van der Waals surface area contributed by atoms with Gasteiger partial charge in [0.2, 0.25) is 0 Å². The molecule has 68 heavy (non-hydrogen) atoms. The average molecular weight is 870 g/mol. The molecule has 0 fully saturated rings. The second kappa shape index (κ2) is 16.5. The fraction of sp³-hybridized carbons (Fsp3) is 0.0635. The summed E-state index contributed by atoms with van der Waals surface area (Å²) in [7, 11) is 0. The molecule has 5 nitrogen and oxygen atoms in total. The second-order valence-electron chi connectivity index (χ2n) is 17.5. The van der Waals surface area contributed by atoms with Gasteiger partial charge in [-0.1, -0.05) is 194 Å². The molecular formula is C63H43N5. The van der Waals surface area contributed by atoms with Gasteiger partial charge in [0.15, 0.2) is 17.5 Å². The van der Waals surface area contributed by atoms with Crippen molar-refractivity contribution in [1.29, 1.82) is 0 Å². The van der Waals surface area contributed by atoms with Gasteiger partial charge in [-0.05, 0) is 76.2 Å². The van der Waals surface area contributed by atoms with Crippen LogP contribution in [-0.2, 0) is 6.42 Å². The Labute approximate surface area is 394 Å². The highest BCUT2D eigenvalue weighted by Crippen LogP contribution is 2.44. The summed E-state index contributed by atoms with van der Waals surface area (Å²) in [5.41, 5.74) is 15.6. The third-order valence-corrected chi connectivity index (χ3v) is 13.6. The Morgan fingerprint density at radius 2 is 1.06 bits per heavy atom. The molecule has 0 radical (unpaired) electrons. The van der Waals surface area contributed by atoms with Gasteiger partial charge in [0.25, 0.3) is 0 Å². The summed E-state index contributed by atoms with van der Waals surface area (Å²) in [5, 5.41) is 5.81. The molecule has 0 saturated heterocycles. The lowest BCUT2D eigenvalue weighted by atomic mass is 9.94. The molecule has 0 atom stereocenters. The summed E-state index contributed by atoms with van der Waals surface area (Å²) in [6.07, 6.45) is 14.4. The van der Waals surface area contributed by atoms with E-state index in [1.54, 1.807) is 0 Å². The van der Waals surface area contributed by atoms with E-state index < -0.39 is 0 Å². The first-order valence-corrected chi connectivity index (χ1v) is 23.4. The maximum Gasteiger partial charge on any atom is 0.166 e. The molecule has 0 amide bonds. The standard InChI is InChI=1S/C63H43N5/c1-2-10-24-46(25-11-3-1)67-56-33-16-14-29-51(56)53-31-19-35-58(60(53)67)68-57-34-17-15-28-50(57)52-30-18-32-55(59(52)68)63-65-61(45-38-36-43(37-39-45)42-20-6-4-7-21-42)64-62(66-63)54-41-40-47(44-22-8-5-9-23-44)48-26-12-13-27-49(48)54/h2,4-10,12-16,18-24,26-33,35-41H,1,17,25,34H2/b10-2-,46-24+. The number of rotatable bonds is 7. The lowest BCUT2D eigenvalue weighted by Crippen LogP contribution is -2.07. The minimum Gasteiger partial charge on any atom is -0.310 e. The summed E-state index contributed by atoms with van der Waals surface area (Å²) in [6, 6.07) is 64.8. The lowest BCUT2D eigenvalue weighted by Gasteiger charge is -2.19. The van der Waals surface area contributed by atoms with E-state index >= 15 is 0 Å². The largest absolute Gasteiger partial charge is 0.310 e. The van der Waals surface area contributed by atoms with Crippen LogP contribution in [0.2, 0.25) is 0 Å². The predicted octanol–water partition coefficient (Wildman–Crippen LogP) is 15.6. The Bertz CT molecular complexity index is 3950. The number of nitrogens with zero attached hydrogens (tertiary/aromatic N) is 5. The Morgan fingerprint density at radius 3 is 1.88 bits per heavy atom. The van der Waals surface area contributed by atoms with Gasteiger partial charge in [0.1, 0.15) is 0 Å². The van der Waals surface area contributed by atoms with Crippen molar-refractivity contribution in [2.75, 3.05) is 0 Å². The molecular weight excluding hydrogens is 827 g/mol. The van der Waals surface area contributed by atoms with Crippen LogP contribution in [0.5, 0.6) is 0 Å². The lowest BCUT2D eigenvalue weighted by molar-refractivity contribution is 0.889. The highest BCUT2D eigenvalue weighted by molar-refractivity contribution is 6.14. The topological polar surface area (TPSA) is 48.5 Å². The number of aromatic nitrogens is 5. The number of benzene rings is 8. The first-order chi connectivity index (χ1) is 33.8. The van der Waals surface area contributed by atoms with Gasteiger partial charge in [-0.25, -0.2) is 15.0 Å². The van der Waals surface area contributed by atoms with E-state index in [0.29, 0.717) is 23.9 Å². The zero-order valence-electron chi connectivity index (χ0n) is 37.3. The van der Waals surface area contributed by atoms with Gasteiger partial charge in [0.05, 0.1) is 22.2 Å². The first-order valence-electron chi connectivity index (χ1n) is 23.4. The van der Waals surface area contributed by atoms with Crippen molar-refractivity contribution in [1.82, 2.24) is 24.1 Å². The molecule has 0 N–H and O–H groups in total. The highest BCUT2D eigenvalue weighted by atomic mass is 15.1. The molecule has 0 spiro atoms. The molecule has 2 aliphatic rings. The fourth-order valence-corrected chi connectivity index (χ4v) is 10.5. The van der Waals surface area contributed by atoms with Gasteiger partial charge < -0.3 is 9.13 Å². The molecule has 0 aliphatic heterocycles. The number of hydrogen-bond donors (Lipinski definition) is 0. The van der Waals surface area contributed by atoms with Gasteiger partial charge in [-0.3, -0.25) is 0 Å². The molecule has 0 saturated carbocycles. The average Bonchev–Trinajstić information content (AvgIpc) is 3.92. The normalized spacial score (nSPS) is 14.6. The van der Waals surface area contributed by atoms with Crippen molar-refractivity contribution in [2.24, 2.45) is 0 Å². The summed E-state index contributed by atoms with van der Waals surface area (Å²) in [6.45, 7) is 0. The minimum absolute atomic E-state index is 0.619. The number of allylic oxidation sites excluding steroid dienone is 5. The fourth-order valence-electron chi connectivity index (χ4n) is 10.5. The van der Waals surface area contributed by atoms with E-state index in [2.05, 4.69) is 233 Å². The SMILES string of the molecule is C1#CC/C(n2c3ccccc3c3cccc(-n4c5c(c6cccc(-c7nc(-c8ccc(-c9ccccc9)cc8)nc(-c8ccc(-c9ccccc9)c9ccccc89)n7)c64)C=CCC5)c32)=C\C=C/C1. The Morgan fingerprint density at radius 1 is 0.426 bits per heavy atom. The van der Waals surface area contributed by atoms with Crippen LogP contribution in [0, 0.1) is 11.8 Å². The molecule has 320 valence electrons. The zero-order valence-corrected chi connectivity index (χ0v) is 37.3. The molecule has 3 aromatic heterocycles. The van der Waals surface area contributed by atoms with Crippen LogP contribution in [0.4, 0.5) is 0 Å². The van der Waals surface area contributed by atoms with E-state index in [-0.39, 0.29) is 0 Å². The molecule has 13 rings (SSSR count). The molecule has 5 heteroatoms. The Balaban J connectivity index is 1.09. The van der Waals surface area contributed by atoms with Crippen LogP contribution in [0.3, 0.4) is 0 Å². The van der Waals surface area contributed by atoms with Crippen molar-refractivity contribution in [3.8, 4) is 73.9 Å². The molecule has 3 heterocycles. The van der Waals surface area contributed by atoms with Crippen molar-refractivity contribution in [3.05, 3.63) is 218 Å². The Kier molecular flexibility index (Phi) is 9.61. The van der Waals surface area contributed by atoms with E-state index in [4.69, 9.17) is 15.0 Å². The van der Waals surface area contributed by atoms with Crippen molar-refractivity contribution < 1.29 is 0 Å². The molecule has 0 unspecified atom stereocenters. The number of para-hydroxylation sites is 3. The maximum absolute atomic E-state index is 5.52. The third-order valence-electron chi connectivity index (χ3n) is 13.6. The van der Waals surface area contributed by atoms with Gasteiger partial charge in [0, 0.05) is 62.6 Å². The van der Waals surface area contributed by atoms with E-state index in [1.807, 2.05) is 0 Å². The van der Waals surface area contributed by atoms with Gasteiger partial charge in [-0.15, -0.1) is 0 Å². The van der Waals surface area contributed by atoms with Crippen LogP contribution in [0.1, 0.15) is 30.5 Å². The first kappa shape index (κ1) is 39.5. The predicted molar refractivity (Wildman–Crippen MR) is 282 cm³/mol. The van der Waals surface area contributed by atoms with E-state index in [1.165, 1.54) is 38.5 Å². The van der Waals surface area contributed by atoms with Crippen LogP contribution in [0.15, 0.2) is 206 Å². The third kappa shape index (κ3) is 6.61. The summed E-state index contributed by atoms with van der Waals surface area (Å²) < 4.78 is 4.97. The number of hydrogen-bond acceptors (Lipinski definition) is 3. The van der Waals surface area contributed by atoms with Crippen LogP contribution >= 0.6 is 0 Å². The summed E-state index contributed by atoms with van der Waals surface area (Å²) in [4.78, 5) is 16.3. The van der Waals surface area contributed by atoms with Gasteiger partial charge in [-0.2, -0.15) is 0 Å². The number of fused-ring (bicyclic) bond motifs is 7. The quantitative estimate of drug-likeness (QED) is 0.150. The van der Waals surface area contributed by atoms with Crippen LogP contribution in [0.25, 0.3) is 117 Å². The van der Waals surface area contributed by atoms with Crippen molar-refractivity contribution >= 4 is 55.3 Å². The smallest absolute Gasteiger partial charge is 0.166 e. The summed E-state index contributed by atoms with van der Waals surface area (Å²) in [5.74, 6) is 8.67. The highest BCUT2D eigenvalue weighted by Gasteiger charge is 2.27. The van der Waals surface area contributed by atoms with E-state index in [9.17, 15) is 0 Å². The summed E-state index contributed by atoms with van der Waals surface area (Å²) >= 11 is 0. The molecule has 0 bridgehead atoms. The molecule has 8 aromatic carbocycles. The molecule has 2 aliphatic carbocycles. The Hall–Kier alpha value is -8.85. The zero-order chi connectivity index (χ0) is 45.0. The van der Waals surface area contributed by atoms with E-state index in [0.717, 1.165) is 85.8 Å². The monoisotopic (exact) mass is 869 g/mol. The minimum atomic E-state index is 0.619. The van der Waals surface area contributed by atoms with Crippen LogP contribution < -0.4 is 0 Å². The van der Waals surface area contributed by atoms with Crippen LogP contribution in [-0.4, -0.2) is 24.1 Å². The maximum atomic E-state index is 5.52.